The molecule has 4 rings (SSSR count). The van der Waals surface area contributed by atoms with E-state index in [2.05, 4.69) is 26.3 Å². The molecule has 12 heteroatoms. The minimum atomic E-state index is -0.866. The van der Waals surface area contributed by atoms with Crippen LogP contribution in [0.4, 0.5) is 17.3 Å². The molecule has 0 spiro atoms. The number of ether oxygens (including phenoxy) is 1. The molecule has 1 fully saturated rings. The largest absolute Gasteiger partial charge is 0.479 e. The van der Waals surface area contributed by atoms with Crippen molar-refractivity contribution in [2.75, 3.05) is 36.3 Å². The van der Waals surface area contributed by atoms with Gasteiger partial charge in [-0.3, -0.25) is 19.9 Å². The predicted molar refractivity (Wildman–Crippen MR) is 150 cm³/mol. The second-order valence-corrected chi connectivity index (χ2v) is 9.75. The van der Waals surface area contributed by atoms with E-state index in [4.69, 9.17) is 21.7 Å². The van der Waals surface area contributed by atoms with E-state index in [9.17, 15) is 14.9 Å². The van der Waals surface area contributed by atoms with Crippen LogP contribution in [0, 0.1) is 22.7 Å². The van der Waals surface area contributed by atoms with E-state index in [0.29, 0.717) is 34.0 Å². The first-order valence-electron chi connectivity index (χ1n) is 12.0. The van der Waals surface area contributed by atoms with Gasteiger partial charge in [-0.05, 0) is 29.7 Å². The number of hydrogen-bond acceptors (Lipinski definition) is 9. The van der Waals surface area contributed by atoms with Gasteiger partial charge in [0.25, 0.3) is 11.5 Å². The van der Waals surface area contributed by atoms with Gasteiger partial charge in [-0.2, -0.15) is 10.2 Å². The Morgan fingerprint density at radius 1 is 1.28 bits per heavy atom. The minimum Gasteiger partial charge on any atom is -0.479 e. The zero-order valence-electron chi connectivity index (χ0n) is 22.0. The van der Waals surface area contributed by atoms with Gasteiger partial charge in [-0.15, -0.1) is 0 Å². The molecule has 1 aliphatic heterocycles. The van der Waals surface area contributed by atoms with Crippen molar-refractivity contribution in [1.29, 1.82) is 10.7 Å². The van der Waals surface area contributed by atoms with Crippen LogP contribution in [0.15, 0.2) is 58.8 Å². The standard InChI is InChI=1S/C27H27ClN8O3/c1-14(2)22(33-18-13-32-27(35(3)4)34-25(18)39-5)20-21(30)26(38)36(19-10-17(28)12-31-24(19)37)23(20)16-8-6-15(11-29)7-9-16/h6-10,12-14,23,30,33H,1-5H3,(H,31,37)/b22-20+,30-21?/t23-/m0/s1. The van der Waals surface area contributed by atoms with Gasteiger partial charge in [0.15, 0.2) is 0 Å². The number of nitrogens with one attached hydrogen (secondary N) is 3. The number of H-pyrrole nitrogens is 1. The first-order valence-corrected chi connectivity index (χ1v) is 12.3. The minimum absolute atomic E-state index is 0.000894. The van der Waals surface area contributed by atoms with Crippen molar-refractivity contribution in [2.24, 2.45) is 5.92 Å². The second kappa shape index (κ2) is 11.0. The molecule has 0 radical (unpaired) electrons. The van der Waals surface area contributed by atoms with Crippen molar-refractivity contribution >= 4 is 40.5 Å². The lowest BCUT2D eigenvalue weighted by Crippen LogP contribution is -2.33. The maximum Gasteiger partial charge on any atom is 0.277 e. The molecular formula is C27H27ClN8O3. The summed E-state index contributed by atoms with van der Waals surface area (Å²) in [4.78, 5) is 40.9. The lowest BCUT2D eigenvalue weighted by Gasteiger charge is -2.27. The second-order valence-electron chi connectivity index (χ2n) is 9.31. The molecule has 39 heavy (non-hydrogen) atoms. The fourth-order valence-corrected chi connectivity index (χ4v) is 4.47. The van der Waals surface area contributed by atoms with Crippen molar-refractivity contribution in [2.45, 2.75) is 19.9 Å². The molecule has 0 bridgehead atoms. The first kappa shape index (κ1) is 27.3. The number of nitrogens with zero attached hydrogens (tertiary/aromatic N) is 5. The van der Waals surface area contributed by atoms with Gasteiger partial charge >= 0.3 is 0 Å². The summed E-state index contributed by atoms with van der Waals surface area (Å²) in [5.74, 6) is -0.147. The smallest absolute Gasteiger partial charge is 0.277 e. The van der Waals surface area contributed by atoms with Crippen LogP contribution < -0.4 is 25.4 Å². The van der Waals surface area contributed by atoms with Crippen molar-refractivity contribution < 1.29 is 9.53 Å². The number of pyridine rings is 1. The van der Waals surface area contributed by atoms with Crippen LogP contribution >= 0.6 is 11.6 Å². The summed E-state index contributed by atoms with van der Waals surface area (Å²) in [6.07, 6.45) is 2.90. The molecule has 3 aromatic rings. The van der Waals surface area contributed by atoms with Gasteiger partial charge in [0.05, 0.1) is 36.0 Å². The van der Waals surface area contributed by atoms with Crippen LogP contribution in [-0.4, -0.2) is 47.8 Å². The first-order chi connectivity index (χ1) is 18.6. The number of amides is 1. The number of carbonyl (C=O) groups excluding carboxylic acids is 1. The summed E-state index contributed by atoms with van der Waals surface area (Å²) in [6.45, 7) is 3.83. The van der Waals surface area contributed by atoms with Crippen LogP contribution in [0.2, 0.25) is 5.02 Å². The molecule has 0 unspecified atom stereocenters. The normalized spacial score (nSPS) is 16.4. The molecule has 200 valence electrons. The number of aromatic amines is 1. The Morgan fingerprint density at radius 3 is 2.56 bits per heavy atom. The summed E-state index contributed by atoms with van der Waals surface area (Å²) in [5, 5.41) is 21.7. The Morgan fingerprint density at radius 2 is 1.97 bits per heavy atom. The molecule has 11 nitrogen and oxygen atoms in total. The average molecular weight is 547 g/mol. The number of nitriles is 1. The Bertz CT molecular complexity index is 1570. The zero-order chi connectivity index (χ0) is 28.4. The van der Waals surface area contributed by atoms with Crippen molar-refractivity contribution in [1.82, 2.24) is 15.0 Å². The predicted octanol–water partition coefficient (Wildman–Crippen LogP) is 3.89. The number of carbonyl (C=O) groups is 1. The third-order valence-electron chi connectivity index (χ3n) is 6.17. The van der Waals surface area contributed by atoms with Gasteiger partial charge < -0.3 is 19.9 Å². The maximum absolute atomic E-state index is 13.6. The van der Waals surface area contributed by atoms with Gasteiger partial charge in [-0.1, -0.05) is 37.6 Å². The third-order valence-corrected chi connectivity index (χ3v) is 6.39. The zero-order valence-corrected chi connectivity index (χ0v) is 22.8. The summed E-state index contributed by atoms with van der Waals surface area (Å²) in [7, 11) is 5.11. The van der Waals surface area contributed by atoms with E-state index < -0.39 is 17.5 Å². The highest BCUT2D eigenvalue weighted by Crippen LogP contribution is 2.42. The molecule has 1 aliphatic rings. The molecule has 1 saturated heterocycles. The van der Waals surface area contributed by atoms with Gasteiger partial charge in [0, 0.05) is 31.6 Å². The summed E-state index contributed by atoms with van der Waals surface area (Å²) in [6, 6.07) is 9.26. The number of methoxy groups -OCH3 is 1. The fraction of sp³-hybridized carbons (Fsp3) is 0.259. The van der Waals surface area contributed by atoms with Crippen molar-refractivity contribution in [3.63, 3.8) is 0 Å². The molecule has 1 amide bonds. The third kappa shape index (κ3) is 5.19. The molecule has 1 aromatic carbocycles. The van der Waals surface area contributed by atoms with E-state index in [1.165, 1.54) is 24.3 Å². The van der Waals surface area contributed by atoms with E-state index in [1.807, 2.05) is 27.9 Å². The van der Waals surface area contributed by atoms with Crippen LogP contribution in [0.1, 0.15) is 31.0 Å². The highest BCUT2D eigenvalue weighted by atomic mass is 35.5. The van der Waals surface area contributed by atoms with E-state index in [1.54, 1.807) is 35.4 Å². The number of allylic oxidation sites excluding steroid dienone is 1. The lowest BCUT2D eigenvalue weighted by atomic mass is 9.92. The topological polar surface area (TPSA) is 151 Å². The highest BCUT2D eigenvalue weighted by molar-refractivity contribution is 6.52. The van der Waals surface area contributed by atoms with Crippen LogP contribution in [0.25, 0.3) is 0 Å². The Balaban J connectivity index is 1.97. The highest BCUT2D eigenvalue weighted by Gasteiger charge is 2.45. The Hall–Kier alpha value is -4.69. The molecule has 2 aromatic heterocycles. The van der Waals surface area contributed by atoms with Gasteiger partial charge in [0.2, 0.25) is 11.8 Å². The molecular weight excluding hydrogens is 520 g/mol. The number of aromatic nitrogens is 3. The van der Waals surface area contributed by atoms with E-state index in [0.717, 1.165) is 0 Å². The fourth-order valence-electron chi connectivity index (χ4n) is 4.31. The molecule has 1 atom stereocenters. The Labute approximate surface area is 230 Å². The number of halogens is 1. The average Bonchev–Trinajstić information content (AvgIpc) is 3.18. The van der Waals surface area contributed by atoms with Crippen LogP contribution in [0.3, 0.4) is 0 Å². The van der Waals surface area contributed by atoms with Crippen LogP contribution in [0.5, 0.6) is 5.88 Å². The number of hydrogen-bond donors (Lipinski definition) is 3. The lowest BCUT2D eigenvalue weighted by molar-refractivity contribution is -0.112. The molecule has 3 heterocycles. The molecule has 3 N–H and O–H groups in total. The van der Waals surface area contributed by atoms with Crippen molar-refractivity contribution in [3.05, 3.63) is 80.5 Å². The SMILES string of the molecule is COc1nc(N(C)C)ncc1N/C(=C1\C(=N)C(=O)N(c2cc(Cl)c[nH]c2=O)[C@H]1c1ccc(C#N)cc1)C(C)C. The van der Waals surface area contributed by atoms with Gasteiger partial charge in [0.1, 0.15) is 17.1 Å². The number of rotatable bonds is 7. The quantitative estimate of drug-likeness (QED) is 0.403. The Kier molecular flexibility index (Phi) is 7.69. The monoisotopic (exact) mass is 546 g/mol. The number of anilines is 3. The van der Waals surface area contributed by atoms with Gasteiger partial charge in [-0.25, -0.2) is 4.98 Å². The molecule has 0 saturated carbocycles. The van der Waals surface area contributed by atoms with E-state index in [-0.39, 0.29) is 28.2 Å². The maximum atomic E-state index is 13.6. The number of benzene rings is 1. The van der Waals surface area contributed by atoms with Crippen molar-refractivity contribution in [3.8, 4) is 11.9 Å². The van der Waals surface area contributed by atoms with Crippen LogP contribution in [-0.2, 0) is 4.79 Å². The van der Waals surface area contributed by atoms with E-state index >= 15 is 0 Å². The molecule has 0 aliphatic carbocycles. The summed E-state index contributed by atoms with van der Waals surface area (Å²) >= 11 is 6.18. The summed E-state index contributed by atoms with van der Waals surface area (Å²) < 4.78 is 5.50. The summed E-state index contributed by atoms with van der Waals surface area (Å²) in [5.41, 5.74) is 1.56.